The highest BCUT2D eigenvalue weighted by molar-refractivity contribution is 5.79. The van der Waals surface area contributed by atoms with Crippen molar-refractivity contribution in [2.75, 3.05) is 13.6 Å². The summed E-state index contributed by atoms with van der Waals surface area (Å²) < 4.78 is 17.0. The maximum Gasteiger partial charge on any atom is 0.345 e. The first-order valence-corrected chi connectivity index (χ1v) is 9.44. The molecule has 1 aliphatic heterocycles. The third-order valence-corrected chi connectivity index (χ3v) is 4.79. The van der Waals surface area contributed by atoms with Gasteiger partial charge in [-0.2, -0.15) is 5.10 Å². The van der Waals surface area contributed by atoms with Gasteiger partial charge in [0.1, 0.15) is 11.6 Å². The molecule has 146 valence electrons. The molecule has 1 aromatic heterocycles. The van der Waals surface area contributed by atoms with Gasteiger partial charge in [-0.15, -0.1) is 0 Å². The summed E-state index contributed by atoms with van der Waals surface area (Å²) in [6.45, 7) is 4.25. The first kappa shape index (κ1) is 19.1. The fourth-order valence-electron chi connectivity index (χ4n) is 3.18. The van der Waals surface area contributed by atoms with E-state index in [1.165, 1.54) is 6.07 Å². The summed E-state index contributed by atoms with van der Waals surface area (Å²) in [4.78, 5) is 16.5. The third kappa shape index (κ3) is 4.75. The summed E-state index contributed by atoms with van der Waals surface area (Å²) >= 11 is 0. The zero-order valence-corrected chi connectivity index (χ0v) is 16.0. The molecule has 0 spiro atoms. The number of aliphatic imine (C=N–C) groups is 1. The molecule has 0 bridgehead atoms. The average Bonchev–Trinajstić information content (AvgIpc) is 3.00. The third-order valence-electron chi connectivity index (χ3n) is 4.79. The molecule has 0 atom stereocenters. The van der Waals surface area contributed by atoms with Gasteiger partial charge in [-0.3, -0.25) is 9.56 Å². The van der Waals surface area contributed by atoms with Crippen molar-refractivity contribution in [1.82, 2.24) is 25.0 Å². The Morgan fingerprint density at radius 2 is 2.19 bits per heavy atom. The Bertz CT molecular complexity index is 870. The molecule has 0 amide bonds. The smallest absolute Gasteiger partial charge is 0.345 e. The van der Waals surface area contributed by atoms with Gasteiger partial charge in [0, 0.05) is 39.6 Å². The van der Waals surface area contributed by atoms with Gasteiger partial charge in [-0.25, -0.2) is 13.9 Å². The van der Waals surface area contributed by atoms with Crippen molar-refractivity contribution in [2.24, 2.45) is 4.99 Å². The lowest BCUT2D eigenvalue weighted by Gasteiger charge is -2.12. The Labute approximate surface area is 158 Å². The molecule has 2 heterocycles. The quantitative estimate of drug-likeness (QED) is 0.457. The first-order valence-electron chi connectivity index (χ1n) is 9.44. The molecule has 0 unspecified atom stereocenters. The molecular weight excluding hydrogens is 347 g/mol. The van der Waals surface area contributed by atoms with Crippen LogP contribution < -0.4 is 16.3 Å². The van der Waals surface area contributed by atoms with Crippen LogP contribution in [-0.4, -0.2) is 33.9 Å². The van der Waals surface area contributed by atoms with E-state index in [-0.39, 0.29) is 11.5 Å². The largest absolute Gasteiger partial charge is 0.356 e. The van der Waals surface area contributed by atoms with E-state index in [0.29, 0.717) is 31.2 Å². The summed E-state index contributed by atoms with van der Waals surface area (Å²) in [5, 5.41) is 10.8. The Kier molecular flexibility index (Phi) is 6.26. The molecular formula is C19H27FN6O. The van der Waals surface area contributed by atoms with Crippen LogP contribution in [-0.2, 0) is 26.1 Å². The van der Waals surface area contributed by atoms with Gasteiger partial charge in [-0.1, -0.05) is 12.1 Å². The summed E-state index contributed by atoms with van der Waals surface area (Å²) in [6, 6.07) is 5.19. The van der Waals surface area contributed by atoms with Crippen molar-refractivity contribution in [3.63, 3.8) is 0 Å². The summed E-state index contributed by atoms with van der Waals surface area (Å²) in [5.41, 5.74) is 1.49. The van der Waals surface area contributed by atoms with E-state index in [1.807, 2.05) is 6.07 Å². The fraction of sp³-hybridized carbons (Fsp3) is 0.526. The minimum Gasteiger partial charge on any atom is -0.356 e. The second-order valence-electron chi connectivity index (χ2n) is 6.82. The Hall–Kier alpha value is -2.64. The molecule has 1 aliphatic rings. The predicted molar refractivity (Wildman–Crippen MR) is 103 cm³/mol. The monoisotopic (exact) mass is 374 g/mol. The second kappa shape index (κ2) is 8.83. The van der Waals surface area contributed by atoms with E-state index in [1.54, 1.807) is 29.3 Å². The van der Waals surface area contributed by atoms with Crippen molar-refractivity contribution >= 4 is 5.96 Å². The highest BCUT2D eigenvalue weighted by atomic mass is 19.1. The molecule has 8 heteroatoms. The molecule has 0 saturated heterocycles. The molecule has 0 aliphatic carbocycles. The molecule has 27 heavy (non-hydrogen) atoms. The van der Waals surface area contributed by atoms with E-state index >= 15 is 0 Å². The molecule has 3 rings (SSSR count). The molecule has 0 radical (unpaired) electrons. The number of guanidine groups is 1. The van der Waals surface area contributed by atoms with Gasteiger partial charge in [0.2, 0.25) is 0 Å². The molecule has 1 aromatic carbocycles. The van der Waals surface area contributed by atoms with Gasteiger partial charge in [-0.05, 0) is 43.4 Å². The molecule has 7 nitrogen and oxygen atoms in total. The molecule has 0 fully saturated rings. The zero-order chi connectivity index (χ0) is 19.2. The van der Waals surface area contributed by atoms with E-state index < -0.39 is 0 Å². The Morgan fingerprint density at radius 3 is 2.93 bits per heavy atom. The molecule has 0 saturated carbocycles. The van der Waals surface area contributed by atoms with Crippen LogP contribution in [0.5, 0.6) is 0 Å². The number of halogens is 1. The lowest BCUT2D eigenvalue weighted by atomic mass is 10.1. The maximum absolute atomic E-state index is 13.6. The summed E-state index contributed by atoms with van der Waals surface area (Å²) in [7, 11) is 1.69. The van der Waals surface area contributed by atoms with Crippen LogP contribution in [0.1, 0.15) is 36.2 Å². The highest BCUT2D eigenvalue weighted by Gasteiger charge is 2.16. The SMILES string of the molecule is CN=C(NCCCn1nc2n(c1=O)CCCC2)NCc1ccc(C)c(F)c1. The van der Waals surface area contributed by atoms with Crippen LogP contribution >= 0.6 is 0 Å². The van der Waals surface area contributed by atoms with Crippen molar-refractivity contribution in [2.45, 2.75) is 52.2 Å². The summed E-state index contributed by atoms with van der Waals surface area (Å²) in [6.07, 6.45) is 3.80. The minimum absolute atomic E-state index is 0.00592. The maximum atomic E-state index is 13.6. The number of aromatic nitrogens is 3. The number of nitrogens with zero attached hydrogens (tertiary/aromatic N) is 4. The topological polar surface area (TPSA) is 76.2 Å². The molecule has 2 N–H and O–H groups in total. The molecule has 2 aromatic rings. The average molecular weight is 374 g/mol. The second-order valence-corrected chi connectivity index (χ2v) is 6.82. The normalized spacial score (nSPS) is 14.1. The van der Waals surface area contributed by atoms with Crippen LogP contribution in [0.2, 0.25) is 0 Å². The van der Waals surface area contributed by atoms with E-state index in [4.69, 9.17) is 0 Å². The minimum atomic E-state index is -0.203. The highest BCUT2D eigenvalue weighted by Crippen LogP contribution is 2.10. The Morgan fingerprint density at radius 1 is 1.33 bits per heavy atom. The van der Waals surface area contributed by atoms with Crippen LogP contribution in [0.3, 0.4) is 0 Å². The number of aryl methyl sites for hydroxylation is 3. The Balaban J connectivity index is 1.44. The van der Waals surface area contributed by atoms with Crippen molar-refractivity contribution in [1.29, 1.82) is 0 Å². The summed E-state index contributed by atoms with van der Waals surface area (Å²) in [5.74, 6) is 1.35. The van der Waals surface area contributed by atoms with Crippen LogP contribution in [0.4, 0.5) is 4.39 Å². The van der Waals surface area contributed by atoms with E-state index in [9.17, 15) is 9.18 Å². The van der Waals surface area contributed by atoms with Gasteiger partial charge in [0.05, 0.1) is 0 Å². The van der Waals surface area contributed by atoms with Crippen LogP contribution in [0.25, 0.3) is 0 Å². The van der Waals surface area contributed by atoms with Gasteiger partial charge < -0.3 is 10.6 Å². The number of nitrogens with one attached hydrogen (secondary N) is 2. The first-order chi connectivity index (χ1) is 13.1. The van der Waals surface area contributed by atoms with Gasteiger partial charge in [0.25, 0.3) is 0 Å². The lowest BCUT2D eigenvalue weighted by molar-refractivity contribution is 0.509. The predicted octanol–water partition coefficient (Wildman–Crippen LogP) is 1.58. The number of hydrogen-bond donors (Lipinski definition) is 2. The fourth-order valence-corrected chi connectivity index (χ4v) is 3.18. The van der Waals surface area contributed by atoms with Crippen LogP contribution in [0, 0.1) is 12.7 Å². The lowest BCUT2D eigenvalue weighted by Crippen LogP contribution is -2.38. The van der Waals surface area contributed by atoms with Crippen molar-refractivity contribution < 1.29 is 4.39 Å². The van der Waals surface area contributed by atoms with Crippen molar-refractivity contribution in [3.05, 3.63) is 51.5 Å². The van der Waals surface area contributed by atoms with Crippen LogP contribution in [0.15, 0.2) is 28.0 Å². The standard InChI is InChI=1S/C19H27FN6O/c1-14-7-8-15(12-16(14)20)13-23-18(21-2)22-9-5-11-26-19(27)25-10-4-3-6-17(25)24-26/h7-8,12H,3-6,9-11,13H2,1-2H3,(H2,21,22,23). The van der Waals surface area contributed by atoms with E-state index in [0.717, 1.165) is 43.6 Å². The zero-order valence-electron chi connectivity index (χ0n) is 16.0. The number of fused-ring (bicyclic) bond motifs is 1. The van der Waals surface area contributed by atoms with Crippen molar-refractivity contribution in [3.8, 4) is 0 Å². The van der Waals surface area contributed by atoms with E-state index in [2.05, 4.69) is 20.7 Å². The van der Waals surface area contributed by atoms with Gasteiger partial charge in [0.15, 0.2) is 5.96 Å². The number of hydrogen-bond acceptors (Lipinski definition) is 3. The van der Waals surface area contributed by atoms with Gasteiger partial charge >= 0.3 is 5.69 Å². The number of rotatable bonds is 6. The number of benzene rings is 1.